The fraction of sp³-hybridized carbons (Fsp3) is 0.962. The third kappa shape index (κ3) is 9.25. The van der Waals surface area contributed by atoms with Gasteiger partial charge in [-0.15, -0.1) is 0 Å². The van der Waals surface area contributed by atoms with E-state index in [2.05, 4.69) is 33.8 Å². The van der Waals surface area contributed by atoms with E-state index in [9.17, 15) is 71.5 Å². The molecule has 9 aliphatic rings. The van der Waals surface area contributed by atoms with E-state index in [-0.39, 0.29) is 47.2 Å². The zero-order valence-electron chi connectivity index (χ0n) is 44.5. The van der Waals surface area contributed by atoms with E-state index in [4.69, 9.17) is 37.9 Å². The summed E-state index contributed by atoms with van der Waals surface area (Å²) in [7, 11) is 0. The second-order valence-electron chi connectivity index (χ2n) is 25.9. The van der Waals surface area contributed by atoms with Crippen LogP contribution in [0.3, 0.4) is 0 Å². The van der Waals surface area contributed by atoms with E-state index in [1.807, 2.05) is 20.8 Å². The van der Waals surface area contributed by atoms with Crippen LogP contribution < -0.4 is 0 Å². The normalized spacial score (nSPS) is 56.9. The molecular weight excluding hydrogens is 989 g/mol. The summed E-state index contributed by atoms with van der Waals surface area (Å²) >= 11 is 0. The van der Waals surface area contributed by atoms with Gasteiger partial charge >= 0.3 is 0 Å². The van der Waals surface area contributed by atoms with Crippen molar-refractivity contribution in [2.45, 2.75) is 242 Å². The average Bonchev–Trinajstić information content (AvgIpc) is 3.37. The Morgan fingerprint density at radius 3 is 1.75 bits per heavy atom. The van der Waals surface area contributed by atoms with E-state index < -0.39 is 164 Å². The molecule has 4 aliphatic heterocycles. The van der Waals surface area contributed by atoms with Crippen LogP contribution in [0, 0.1) is 50.2 Å². The molecule has 0 unspecified atom stereocenters. The van der Waals surface area contributed by atoms with Gasteiger partial charge in [0.15, 0.2) is 25.2 Å². The van der Waals surface area contributed by atoms with Crippen LogP contribution in [0.2, 0.25) is 0 Å². The van der Waals surface area contributed by atoms with Gasteiger partial charge in [0.05, 0.1) is 50.8 Å². The molecule has 14 N–H and O–H groups in total. The molecule has 0 aromatic carbocycles. The Morgan fingerprint density at radius 2 is 1.15 bits per heavy atom. The van der Waals surface area contributed by atoms with Crippen molar-refractivity contribution in [3.8, 4) is 0 Å². The van der Waals surface area contributed by atoms with Crippen molar-refractivity contribution in [3.05, 3.63) is 11.6 Å². The number of rotatable bonds is 11. The minimum Gasteiger partial charge on any atom is -0.396 e. The first-order valence-electron chi connectivity index (χ1n) is 27.3. The predicted octanol–water partition coefficient (Wildman–Crippen LogP) is -1.95. The van der Waals surface area contributed by atoms with E-state index in [1.54, 1.807) is 0 Å². The molecule has 432 valence electrons. The van der Waals surface area contributed by atoms with Crippen LogP contribution in [-0.2, 0) is 37.9 Å². The quantitative estimate of drug-likeness (QED) is 0.0790. The molecule has 4 saturated carbocycles. The van der Waals surface area contributed by atoms with Gasteiger partial charge in [0, 0.05) is 10.8 Å². The van der Waals surface area contributed by atoms with Gasteiger partial charge in [-0.1, -0.05) is 60.1 Å². The molecule has 30 atom stereocenters. The van der Waals surface area contributed by atoms with Crippen molar-refractivity contribution >= 4 is 0 Å². The highest BCUT2D eigenvalue weighted by Crippen LogP contribution is 2.76. The summed E-state index contributed by atoms with van der Waals surface area (Å²) in [4.78, 5) is 0. The Labute approximate surface area is 438 Å². The first-order chi connectivity index (χ1) is 35.1. The van der Waals surface area contributed by atoms with Crippen molar-refractivity contribution in [2.24, 2.45) is 50.2 Å². The summed E-state index contributed by atoms with van der Waals surface area (Å²) in [6.07, 6.45) is -24.6. The van der Waals surface area contributed by atoms with E-state index >= 15 is 0 Å². The maximum absolute atomic E-state index is 12.0. The number of ether oxygens (including phenoxy) is 8. The Bertz CT molecular complexity index is 2030. The lowest BCUT2D eigenvalue weighted by molar-refractivity contribution is -0.398. The molecule has 4 heterocycles. The molecule has 0 aromatic heterocycles. The molecule has 0 aromatic rings. The smallest absolute Gasteiger partial charge is 0.187 e. The molecule has 75 heavy (non-hydrogen) atoms. The van der Waals surface area contributed by atoms with Gasteiger partial charge in [0.1, 0.15) is 85.5 Å². The highest BCUT2D eigenvalue weighted by molar-refractivity contribution is 5.35. The Morgan fingerprint density at radius 1 is 0.560 bits per heavy atom. The lowest BCUT2D eigenvalue weighted by Gasteiger charge is -2.72. The fourth-order valence-electron chi connectivity index (χ4n) is 16.4. The van der Waals surface area contributed by atoms with Gasteiger partial charge in [-0.05, 0) is 97.7 Å². The number of aliphatic hydroxyl groups excluding tert-OH is 14. The van der Waals surface area contributed by atoms with E-state index in [1.165, 1.54) is 12.5 Å². The van der Waals surface area contributed by atoms with Crippen molar-refractivity contribution in [3.63, 3.8) is 0 Å². The van der Waals surface area contributed by atoms with Gasteiger partial charge in [0.25, 0.3) is 0 Å². The van der Waals surface area contributed by atoms with Crippen LogP contribution in [0.4, 0.5) is 0 Å². The highest BCUT2D eigenvalue weighted by atomic mass is 16.8. The topological polar surface area (TPSA) is 357 Å². The van der Waals surface area contributed by atoms with Gasteiger partial charge in [0.2, 0.25) is 0 Å². The molecule has 5 aliphatic carbocycles. The van der Waals surface area contributed by atoms with Crippen LogP contribution in [0.15, 0.2) is 11.6 Å². The van der Waals surface area contributed by atoms with E-state index in [0.717, 1.165) is 25.7 Å². The minimum atomic E-state index is -1.89. The molecular formula is C53H88O22. The maximum Gasteiger partial charge on any atom is 0.187 e. The lowest BCUT2D eigenvalue weighted by Crippen LogP contribution is -2.69. The molecule has 0 spiro atoms. The van der Waals surface area contributed by atoms with Crippen LogP contribution in [0.5, 0.6) is 0 Å². The second kappa shape index (κ2) is 21.0. The highest BCUT2D eigenvalue weighted by Gasteiger charge is 2.71. The molecule has 22 nitrogen and oxygen atoms in total. The second-order valence-corrected chi connectivity index (χ2v) is 25.9. The van der Waals surface area contributed by atoms with Crippen LogP contribution in [0.1, 0.15) is 107 Å². The summed E-state index contributed by atoms with van der Waals surface area (Å²) < 4.78 is 49.1. The van der Waals surface area contributed by atoms with Gasteiger partial charge < -0.3 is 109 Å². The summed E-state index contributed by atoms with van der Waals surface area (Å²) in [5.41, 5.74) is -1.59. The summed E-state index contributed by atoms with van der Waals surface area (Å²) in [5.74, 6) is 0.0399. The average molecular weight is 1080 g/mol. The van der Waals surface area contributed by atoms with Gasteiger partial charge in [-0.3, -0.25) is 0 Å². The van der Waals surface area contributed by atoms with E-state index in [0.29, 0.717) is 25.7 Å². The van der Waals surface area contributed by atoms with Crippen LogP contribution in [0.25, 0.3) is 0 Å². The van der Waals surface area contributed by atoms with Gasteiger partial charge in [-0.2, -0.15) is 0 Å². The number of fused-ring (bicyclic) bond motifs is 7. The zero-order chi connectivity index (χ0) is 54.9. The third-order valence-electron chi connectivity index (χ3n) is 21.5. The summed E-state index contributed by atoms with van der Waals surface area (Å²) in [6.45, 7) is 14.7. The maximum atomic E-state index is 12.0. The van der Waals surface area contributed by atoms with Crippen molar-refractivity contribution in [1.82, 2.24) is 0 Å². The molecule has 0 amide bonds. The van der Waals surface area contributed by atoms with Crippen molar-refractivity contribution in [1.29, 1.82) is 0 Å². The molecule has 8 fully saturated rings. The standard InChI is InChI=1S/C53H88O22/c1-22-31(58)35(62)39(66)45(69-22)73-41-37(64)34(61)27(19-55)71-47(41)74-40-36(63)33(60)26(18-54)70-46(40)72-30-12-13-50(5)28(51(30,6)21-56)11-14-53(8)29(50)10-9-23-24-17-48(2,3)42(67)43(49(24,4)15-16-52(23,53)7)75-44-38(65)32(59)25(57)20-68-44/h9,22,24-47,54-67H,10-21H2,1-8H3/t22-,24-,25-,26+,27+,28+,29+,30-,31-,32-,33+,34-,35+,36-,37-,38+,39+,40+,41+,42-,43+,44-,45-,46-,47-,49+,50-,51+,52+,53+/m0/s1. The molecule has 0 bridgehead atoms. The number of aliphatic hydroxyl groups is 14. The van der Waals surface area contributed by atoms with Crippen molar-refractivity contribution in [2.75, 3.05) is 26.4 Å². The van der Waals surface area contributed by atoms with Crippen LogP contribution in [-0.4, -0.2) is 233 Å². The zero-order valence-corrected chi connectivity index (χ0v) is 44.5. The third-order valence-corrected chi connectivity index (χ3v) is 21.5. The molecule has 4 saturated heterocycles. The minimum absolute atomic E-state index is 0.00478. The SMILES string of the molecule is C[C@@H]1O[C@@H](O[C@H]2[C@H](O[C@H]3[C@H](O[C@H]4CC[C@@]5(C)[C@@H](CC[C@]6(C)[C@@H]5CC=C5[C@@H]7CC(C)(C)[C@@H](O)[C@@H](O[C@@H]8OC[C@H](O)[C@H](O)[C@H]8O)[C@]7(C)CC[C@]56C)[C@@]4(C)CO)O[C@H](CO)[C@@H](O)[C@@H]3O)O[C@H](CO)[C@H](O)[C@@H]2O)[C@H](O)[C@H](O)[C@H]1O. The molecule has 9 rings (SSSR count). The molecule has 0 radical (unpaired) electrons. The Hall–Kier alpha value is -1.14. The summed E-state index contributed by atoms with van der Waals surface area (Å²) in [5, 5.41) is 153. The first-order valence-corrected chi connectivity index (χ1v) is 27.3. The molecule has 22 heteroatoms. The number of allylic oxidation sites excluding steroid dienone is 2. The fourth-order valence-corrected chi connectivity index (χ4v) is 16.4. The first kappa shape index (κ1) is 58.5. The van der Waals surface area contributed by atoms with Crippen LogP contribution >= 0.6 is 0 Å². The lowest BCUT2D eigenvalue weighted by atomic mass is 9.33. The number of hydrogen-bond donors (Lipinski definition) is 14. The number of hydrogen-bond acceptors (Lipinski definition) is 22. The largest absolute Gasteiger partial charge is 0.396 e. The van der Waals surface area contributed by atoms with Crippen molar-refractivity contribution < 1.29 is 109 Å². The Kier molecular flexibility index (Phi) is 16.4. The van der Waals surface area contributed by atoms with Gasteiger partial charge in [-0.25, -0.2) is 0 Å². The Balaban J connectivity index is 0.975. The predicted molar refractivity (Wildman–Crippen MR) is 258 cm³/mol. The monoisotopic (exact) mass is 1080 g/mol. The summed E-state index contributed by atoms with van der Waals surface area (Å²) in [6, 6.07) is 0.